The molecule has 1 unspecified atom stereocenters. The number of amides is 6. The number of nitrogens with one attached hydrogen (secondary N) is 3. The molecule has 0 spiro atoms. The van der Waals surface area contributed by atoms with Crippen LogP contribution in [-0.4, -0.2) is 115 Å². The number of benzene rings is 2. The molecule has 2 aliphatic heterocycles. The number of esters is 1. The molecular formula is C44H53BClFN6O11S. The third kappa shape index (κ3) is 9.14. The van der Waals surface area contributed by atoms with Gasteiger partial charge in [-0.3, -0.25) is 24.6 Å². The Bertz CT molecular complexity index is 2340. The van der Waals surface area contributed by atoms with E-state index in [9.17, 15) is 28.4 Å². The van der Waals surface area contributed by atoms with Gasteiger partial charge in [0.15, 0.2) is 11.2 Å². The van der Waals surface area contributed by atoms with E-state index in [1.165, 1.54) is 13.2 Å². The number of hydrogen-bond acceptors (Lipinski definition) is 13. The maximum Gasteiger partial charge on any atom is 0.489 e. The second kappa shape index (κ2) is 18.5. The summed E-state index contributed by atoms with van der Waals surface area (Å²) in [5.74, 6) is -3.35. The summed E-state index contributed by atoms with van der Waals surface area (Å²) < 4.78 is 43.7. The normalized spacial score (nSPS) is 23.6. The fourth-order valence-corrected chi connectivity index (χ4v) is 10.5. The van der Waals surface area contributed by atoms with Crippen LogP contribution in [0.1, 0.15) is 82.0 Å². The second-order valence-electron chi connectivity index (χ2n) is 18.5. The van der Waals surface area contributed by atoms with E-state index in [1.54, 1.807) is 63.2 Å². The van der Waals surface area contributed by atoms with Crippen molar-refractivity contribution in [2.45, 2.75) is 84.2 Å². The van der Waals surface area contributed by atoms with Gasteiger partial charge in [0.05, 0.1) is 18.8 Å². The van der Waals surface area contributed by atoms with Gasteiger partial charge in [-0.1, -0.05) is 100 Å². The Morgan fingerprint density at radius 1 is 1.02 bits per heavy atom. The van der Waals surface area contributed by atoms with Crippen molar-refractivity contribution >= 4 is 71.0 Å². The zero-order valence-electron chi connectivity index (χ0n) is 37.2. The molecule has 5 fully saturated rings. The largest absolute Gasteiger partial charge is 0.496 e. The van der Waals surface area contributed by atoms with Gasteiger partial charge < -0.3 is 39.1 Å². The number of imide groups is 1. The summed E-state index contributed by atoms with van der Waals surface area (Å²) in [5, 5.41) is 7.98. The van der Waals surface area contributed by atoms with Gasteiger partial charge >= 0.3 is 37.0 Å². The van der Waals surface area contributed by atoms with Crippen molar-refractivity contribution in [2.24, 2.45) is 22.7 Å². The van der Waals surface area contributed by atoms with Crippen LogP contribution >= 0.6 is 22.9 Å². The van der Waals surface area contributed by atoms with Crippen LogP contribution < -0.4 is 20.7 Å². The Morgan fingerprint density at radius 2 is 1.72 bits per heavy atom. The van der Waals surface area contributed by atoms with Crippen molar-refractivity contribution < 1.29 is 56.7 Å². The van der Waals surface area contributed by atoms with Crippen LogP contribution in [-0.2, 0) is 39.8 Å². The van der Waals surface area contributed by atoms with E-state index in [-0.39, 0.29) is 70.2 Å². The maximum absolute atomic E-state index is 15.3. The molecule has 348 valence electrons. The molecule has 17 nitrogen and oxygen atoms in total. The smallest absolute Gasteiger partial charge is 0.489 e. The first-order valence-electron chi connectivity index (χ1n) is 21.3. The molecule has 0 radical (unpaired) electrons. The number of urea groups is 1. The highest BCUT2D eigenvalue weighted by Gasteiger charge is 2.72. The Kier molecular flexibility index (Phi) is 13.6. The van der Waals surface area contributed by atoms with Crippen LogP contribution in [0.2, 0.25) is 4.34 Å². The number of thiazole rings is 1. The van der Waals surface area contributed by atoms with Crippen LogP contribution in [0, 0.1) is 22.7 Å². The quantitative estimate of drug-likeness (QED) is 0.0973. The molecule has 6 atom stereocenters. The number of ether oxygens (including phenoxy) is 3. The highest BCUT2D eigenvalue weighted by molar-refractivity contribution is 7.19. The number of rotatable bonds is 14. The average Bonchev–Trinajstić information content (AvgIpc) is 3.82. The molecule has 5 aliphatic rings. The lowest BCUT2D eigenvalue weighted by molar-refractivity contribution is -0.199. The highest BCUT2D eigenvalue weighted by atomic mass is 35.5. The number of halogens is 2. The number of nitrogens with zero attached hydrogens (tertiary/aromatic N) is 3. The van der Waals surface area contributed by atoms with Crippen LogP contribution in [0.25, 0.3) is 0 Å². The predicted octanol–water partition coefficient (Wildman–Crippen LogP) is 5.97. The van der Waals surface area contributed by atoms with Crippen LogP contribution in [0.4, 0.5) is 19.1 Å². The van der Waals surface area contributed by atoms with Crippen LogP contribution in [0.15, 0.2) is 54.6 Å². The lowest BCUT2D eigenvalue weighted by Crippen LogP contribution is -2.71. The summed E-state index contributed by atoms with van der Waals surface area (Å²) in [7, 11) is 0.185. The first kappa shape index (κ1) is 47.7. The number of carbonyl (C=O) groups excluding carboxylic acids is 6. The van der Waals surface area contributed by atoms with E-state index in [4.69, 9.17) is 35.1 Å². The summed E-state index contributed by atoms with van der Waals surface area (Å²) in [6.45, 7) is 9.52. The van der Waals surface area contributed by atoms with Gasteiger partial charge in [-0.2, -0.15) is 0 Å². The van der Waals surface area contributed by atoms with Crippen molar-refractivity contribution in [1.29, 1.82) is 0 Å². The summed E-state index contributed by atoms with van der Waals surface area (Å²) in [4.78, 5) is 88.3. The molecule has 1 aromatic heterocycles. The molecule has 2 bridgehead atoms. The van der Waals surface area contributed by atoms with Crippen molar-refractivity contribution in [3.8, 4) is 5.75 Å². The first-order valence-corrected chi connectivity index (χ1v) is 22.5. The SMILES string of the molecule is COc1ccccc1C(=O)OC[C@@](NC(=O)C(NC(=O)N1CCN(CCF)C(=O)C1=O)c1nc(NC(=O)OCc2ccccc2)sc1Cl)(B1O[C@@H]2C[C@@H]3C[C@@H](C3(C)C)[C@]2(C)O1)C(C)(C)C. The highest BCUT2D eigenvalue weighted by Crippen LogP contribution is 2.66. The fraction of sp³-hybridized carbons (Fsp3) is 0.523. The average molecular weight is 939 g/mol. The Balaban J connectivity index is 1.24. The number of piperazine rings is 1. The maximum atomic E-state index is 15.3. The van der Waals surface area contributed by atoms with Gasteiger partial charge in [0.2, 0.25) is 5.91 Å². The fourth-order valence-electron chi connectivity index (χ4n) is 9.40. The minimum absolute atomic E-state index is 0.0555. The van der Waals surface area contributed by atoms with E-state index in [1.807, 2.05) is 13.0 Å². The zero-order chi connectivity index (χ0) is 47.1. The van der Waals surface area contributed by atoms with Gasteiger partial charge in [0, 0.05) is 19.6 Å². The standard InChI is InChI=1S/C44H53BClFN6O11S/c1-41(2,3)44(24-62-37(57)27-15-11-12-16-28(27)60-7,45-63-30-22-26-21-29(42(26,4)5)43(30,6)64-45)51-34(54)32(49-39(58)53-20-19-52(18-17-47)35(55)36(53)56)31-33(46)65-38(48-31)50-40(59)61-23-25-13-9-8-10-14-25/h8-16,26,29-30,32H,17-24H2,1-7H3,(H,49,58)(H,51,54)(H,48,50,59)/t26-,29-,30+,32?,43-,44-/m0/s1. The molecule has 3 aromatic rings. The Morgan fingerprint density at radius 3 is 2.40 bits per heavy atom. The van der Waals surface area contributed by atoms with Crippen molar-refractivity contribution in [3.05, 3.63) is 75.8 Å². The molecule has 3 heterocycles. The molecule has 21 heteroatoms. The van der Waals surface area contributed by atoms with Crippen LogP contribution in [0.5, 0.6) is 5.75 Å². The Hall–Kier alpha value is -5.31. The zero-order valence-corrected chi connectivity index (χ0v) is 38.8. The number of carbonyl (C=O) groups is 6. The number of anilines is 1. The van der Waals surface area contributed by atoms with E-state index >= 15 is 4.79 Å². The minimum atomic E-state index is -1.83. The molecule has 65 heavy (non-hydrogen) atoms. The molecular weight excluding hydrogens is 886 g/mol. The van der Waals surface area contributed by atoms with Crippen molar-refractivity contribution in [2.75, 3.05) is 45.3 Å². The van der Waals surface area contributed by atoms with Gasteiger partial charge in [-0.25, -0.2) is 23.8 Å². The summed E-state index contributed by atoms with van der Waals surface area (Å²) in [5.41, 5.74) is -3.04. The molecule has 6 amide bonds. The molecule has 3 saturated carbocycles. The van der Waals surface area contributed by atoms with Crippen LogP contribution in [0.3, 0.4) is 0 Å². The molecule has 3 N–H and O–H groups in total. The Labute approximate surface area is 385 Å². The molecule has 2 aromatic carbocycles. The summed E-state index contributed by atoms with van der Waals surface area (Å²) in [6, 6.07) is 12.4. The molecule has 2 saturated heterocycles. The van der Waals surface area contributed by atoms with E-state index in [0.717, 1.165) is 28.2 Å². The molecule has 8 rings (SSSR count). The van der Waals surface area contributed by atoms with E-state index in [0.29, 0.717) is 17.2 Å². The van der Waals surface area contributed by atoms with Gasteiger partial charge in [0.25, 0.3) is 0 Å². The first-order chi connectivity index (χ1) is 30.7. The lowest BCUT2D eigenvalue weighted by atomic mass is 9.43. The number of aromatic nitrogens is 1. The van der Waals surface area contributed by atoms with Crippen molar-refractivity contribution in [1.82, 2.24) is 25.4 Å². The number of para-hydroxylation sites is 1. The third-order valence-electron chi connectivity index (χ3n) is 13.5. The van der Waals surface area contributed by atoms with E-state index in [2.05, 4.69) is 34.8 Å². The van der Waals surface area contributed by atoms with Gasteiger partial charge in [-0.05, 0) is 60.1 Å². The van der Waals surface area contributed by atoms with Gasteiger partial charge in [0.1, 0.15) is 46.7 Å². The molecule has 3 aliphatic carbocycles. The third-order valence-corrected chi connectivity index (χ3v) is 14.7. The van der Waals surface area contributed by atoms with Crippen molar-refractivity contribution in [3.63, 3.8) is 0 Å². The van der Waals surface area contributed by atoms with Gasteiger partial charge in [-0.15, -0.1) is 0 Å². The lowest BCUT2D eigenvalue weighted by Gasteiger charge is -2.64. The summed E-state index contributed by atoms with van der Waals surface area (Å²) >= 11 is 7.54. The number of methoxy groups -OCH3 is 1. The topological polar surface area (TPSA) is 204 Å². The van der Waals surface area contributed by atoms with E-state index < -0.39 is 78.7 Å². The monoisotopic (exact) mass is 938 g/mol. The number of hydrogen-bond donors (Lipinski definition) is 3. The second-order valence-corrected chi connectivity index (χ2v) is 20.1. The minimum Gasteiger partial charge on any atom is -0.496 e. The number of alkyl halides is 1. The predicted molar refractivity (Wildman–Crippen MR) is 237 cm³/mol. The summed E-state index contributed by atoms with van der Waals surface area (Å²) in [6.07, 6.45) is 0.338.